The van der Waals surface area contributed by atoms with E-state index in [0.717, 1.165) is 4.90 Å². The summed E-state index contributed by atoms with van der Waals surface area (Å²) in [6.07, 6.45) is 0.690. The van der Waals surface area contributed by atoms with Crippen LogP contribution in [0, 0.1) is 0 Å². The van der Waals surface area contributed by atoms with Crippen molar-refractivity contribution in [2.75, 3.05) is 0 Å². The van der Waals surface area contributed by atoms with E-state index in [2.05, 4.69) is 15.4 Å². The van der Waals surface area contributed by atoms with Gasteiger partial charge in [-0.15, -0.1) is 10.2 Å². The zero-order chi connectivity index (χ0) is 11.7. The van der Waals surface area contributed by atoms with Crippen molar-refractivity contribution in [3.8, 4) is 0 Å². The van der Waals surface area contributed by atoms with Gasteiger partial charge in [0.15, 0.2) is 5.82 Å². The Balaban J connectivity index is 2.13. The lowest BCUT2D eigenvalue weighted by Crippen LogP contribution is -2.50. The second kappa shape index (κ2) is 3.97. The van der Waals surface area contributed by atoms with Crippen LogP contribution >= 0.6 is 0 Å². The summed E-state index contributed by atoms with van der Waals surface area (Å²) >= 11 is 0. The molecule has 1 atom stereocenters. The fourth-order valence-corrected chi connectivity index (χ4v) is 1.55. The molecule has 8 heteroatoms. The van der Waals surface area contributed by atoms with Gasteiger partial charge in [0.2, 0.25) is 11.8 Å². The maximum absolute atomic E-state index is 11.6. The van der Waals surface area contributed by atoms with Crippen molar-refractivity contribution < 1.29 is 9.59 Å². The second-order valence-corrected chi connectivity index (χ2v) is 3.66. The molecule has 8 nitrogen and oxygen atoms in total. The fourth-order valence-electron chi connectivity index (χ4n) is 1.55. The van der Waals surface area contributed by atoms with Crippen molar-refractivity contribution in [1.29, 1.82) is 0 Å². The molecule has 0 bridgehead atoms. The molecule has 0 radical (unpaired) electrons. The molecule has 1 saturated heterocycles. The number of carbonyl (C=O) groups excluding carboxylic acids is 2. The number of imide groups is 1. The molecular formula is C8H12N6O2. The first kappa shape index (κ1) is 10.7. The number of nitrogens with zero attached hydrogens (tertiary/aromatic N) is 5. The Hall–Kier alpha value is -1.83. The average Bonchev–Trinajstić information content (AvgIpc) is 2.65. The number of likely N-dealkylation sites (tertiary alicyclic amines) is 1. The predicted molar refractivity (Wildman–Crippen MR) is 51.6 cm³/mol. The van der Waals surface area contributed by atoms with Crippen molar-refractivity contribution >= 4 is 11.8 Å². The maximum atomic E-state index is 11.6. The van der Waals surface area contributed by atoms with Gasteiger partial charge in [-0.2, -0.15) is 4.80 Å². The smallest absolute Gasteiger partial charge is 0.246 e. The van der Waals surface area contributed by atoms with Gasteiger partial charge in [0.05, 0.1) is 19.6 Å². The topological polar surface area (TPSA) is 107 Å². The van der Waals surface area contributed by atoms with Gasteiger partial charge in [-0.1, -0.05) is 0 Å². The average molecular weight is 224 g/mol. The Bertz CT molecular complexity index is 428. The summed E-state index contributed by atoms with van der Waals surface area (Å²) < 4.78 is 0. The number of piperidine rings is 1. The van der Waals surface area contributed by atoms with Gasteiger partial charge in [-0.05, 0) is 11.6 Å². The van der Waals surface area contributed by atoms with Crippen LogP contribution in [-0.2, 0) is 23.2 Å². The second-order valence-electron chi connectivity index (χ2n) is 3.66. The first-order valence-electron chi connectivity index (χ1n) is 4.90. The molecule has 0 spiro atoms. The van der Waals surface area contributed by atoms with Crippen LogP contribution in [-0.4, -0.2) is 43.0 Å². The molecule has 1 fully saturated rings. The van der Waals surface area contributed by atoms with Crippen LogP contribution in [0.15, 0.2) is 0 Å². The summed E-state index contributed by atoms with van der Waals surface area (Å²) in [7, 11) is 1.61. The molecule has 1 aromatic rings. The first-order valence-corrected chi connectivity index (χ1v) is 4.90. The Kier molecular flexibility index (Phi) is 2.65. The van der Waals surface area contributed by atoms with E-state index in [0.29, 0.717) is 12.2 Å². The highest BCUT2D eigenvalue weighted by atomic mass is 16.2. The molecule has 2 rings (SSSR count). The Morgan fingerprint density at radius 3 is 2.88 bits per heavy atom. The number of rotatable bonds is 2. The number of aryl methyl sites for hydroxylation is 1. The van der Waals surface area contributed by atoms with Crippen LogP contribution in [0.1, 0.15) is 18.7 Å². The molecule has 2 N–H and O–H groups in total. The molecule has 1 aliphatic rings. The maximum Gasteiger partial charge on any atom is 0.246 e. The Morgan fingerprint density at radius 2 is 2.25 bits per heavy atom. The third-order valence-electron chi connectivity index (χ3n) is 2.40. The standard InChI is InChI=1S/C8H12N6O2/c1-13-11-6(10-12-13)4-14-7(15)3-2-5(9)8(14)16/h5H,2-4,9H2,1H3. The van der Waals surface area contributed by atoms with E-state index in [9.17, 15) is 9.59 Å². The van der Waals surface area contributed by atoms with E-state index in [4.69, 9.17) is 5.73 Å². The zero-order valence-electron chi connectivity index (χ0n) is 8.83. The lowest BCUT2D eigenvalue weighted by Gasteiger charge is -2.27. The summed E-state index contributed by atoms with van der Waals surface area (Å²) in [6, 6.07) is -0.602. The number of hydrogen-bond donors (Lipinski definition) is 1. The fraction of sp³-hybridized carbons (Fsp3) is 0.625. The molecule has 1 aromatic heterocycles. The Morgan fingerprint density at radius 1 is 1.50 bits per heavy atom. The summed E-state index contributed by atoms with van der Waals surface area (Å²) in [5.74, 6) is -0.277. The summed E-state index contributed by atoms with van der Waals surface area (Å²) in [5.41, 5.74) is 5.58. The quantitative estimate of drug-likeness (QED) is 0.593. The molecule has 0 saturated carbocycles. The number of nitrogens with two attached hydrogens (primary N) is 1. The number of aromatic nitrogens is 4. The minimum absolute atomic E-state index is 0.0409. The monoisotopic (exact) mass is 224 g/mol. The van der Waals surface area contributed by atoms with Crippen molar-refractivity contribution in [2.45, 2.75) is 25.4 Å². The van der Waals surface area contributed by atoms with Crippen molar-refractivity contribution in [3.05, 3.63) is 5.82 Å². The molecule has 1 unspecified atom stereocenters. The molecular weight excluding hydrogens is 212 g/mol. The van der Waals surface area contributed by atoms with Gasteiger partial charge >= 0.3 is 0 Å². The highest BCUT2D eigenvalue weighted by Crippen LogP contribution is 2.13. The van der Waals surface area contributed by atoms with E-state index in [1.165, 1.54) is 4.80 Å². The minimum Gasteiger partial charge on any atom is -0.320 e. The lowest BCUT2D eigenvalue weighted by atomic mass is 10.1. The highest BCUT2D eigenvalue weighted by molar-refractivity contribution is 6.00. The first-order chi connectivity index (χ1) is 7.58. The summed E-state index contributed by atoms with van der Waals surface area (Å²) in [6.45, 7) is 0.0409. The van der Waals surface area contributed by atoms with Gasteiger partial charge in [-0.3, -0.25) is 14.5 Å². The predicted octanol–water partition coefficient (Wildman–Crippen LogP) is -1.81. The highest BCUT2D eigenvalue weighted by Gasteiger charge is 2.32. The Labute approximate surface area is 91.4 Å². The summed E-state index contributed by atoms with van der Waals surface area (Å²) in [5, 5.41) is 11.3. The molecule has 2 amide bonds. The SMILES string of the molecule is Cn1nnc(CN2C(=O)CCC(N)C2=O)n1. The van der Waals surface area contributed by atoms with E-state index in [-0.39, 0.29) is 24.8 Å². The minimum atomic E-state index is -0.602. The number of hydrogen-bond acceptors (Lipinski definition) is 6. The van der Waals surface area contributed by atoms with Gasteiger partial charge < -0.3 is 5.73 Å². The third kappa shape index (κ3) is 1.91. The van der Waals surface area contributed by atoms with Crippen LogP contribution in [0.3, 0.4) is 0 Å². The zero-order valence-corrected chi connectivity index (χ0v) is 8.83. The van der Waals surface area contributed by atoms with Gasteiger partial charge in [-0.25, -0.2) is 0 Å². The molecule has 1 aliphatic heterocycles. The van der Waals surface area contributed by atoms with Gasteiger partial charge in [0.25, 0.3) is 0 Å². The van der Waals surface area contributed by atoms with Gasteiger partial charge in [0, 0.05) is 6.42 Å². The van der Waals surface area contributed by atoms with E-state index in [1.807, 2.05) is 0 Å². The van der Waals surface area contributed by atoms with Crippen molar-refractivity contribution in [2.24, 2.45) is 12.8 Å². The van der Waals surface area contributed by atoms with Crippen LogP contribution in [0.5, 0.6) is 0 Å². The van der Waals surface area contributed by atoms with Crippen LogP contribution in [0.4, 0.5) is 0 Å². The van der Waals surface area contributed by atoms with Crippen LogP contribution in [0.2, 0.25) is 0 Å². The lowest BCUT2D eigenvalue weighted by molar-refractivity contribution is -0.150. The molecule has 0 aromatic carbocycles. The number of amides is 2. The van der Waals surface area contributed by atoms with E-state index < -0.39 is 6.04 Å². The summed E-state index contributed by atoms with van der Waals surface area (Å²) in [4.78, 5) is 25.5. The number of tetrazole rings is 1. The van der Waals surface area contributed by atoms with Crippen LogP contribution in [0.25, 0.3) is 0 Å². The largest absolute Gasteiger partial charge is 0.320 e. The van der Waals surface area contributed by atoms with Gasteiger partial charge in [0.1, 0.15) is 0 Å². The molecule has 86 valence electrons. The molecule has 0 aliphatic carbocycles. The van der Waals surface area contributed by atoms with Crippen molar-refractivity contribution in [3.63, 3.8) is 0 Å². The number of carbonyl (C=O) groups is 2. The van der Waals surface area contributed by atoms with Crippen molar-refractivity contribution in [1.82, 2.24) is 25.1 Å². The van der Waals surface area contributed by atoms with E-state index >= 15 is 0 Å². The third-order valence-corrected chi connectivity index (χ3v) is 2.40. The van der Waals surface area contributed by atoms with E-state index in [1.54, 1.807) is 7.05 Å². The molecule has 16 heavy (non-hydrogen) atoms. The molecule has 2 heterocycles. The van der Waals surface area contributed by atoms with Crippen LogP contribution < -0.4 is 5.73 Å². The normalized spacial score (nSPS) is 21.6.